The van der Waals surface area contributed by atoms with Crippen LogP contribution in [0.4, 0.5) is 0 Å². The van der Waals surface area contributed by atoms with Gasteiger partial charge in [-0.2, -0.15) is 0 Å². The SMILES string of the molecule is CC/C=C\C/C=C\C/C=C\C/C=C\C/C=C\C/C=C\C/C=C\C/C=C\C/C=C\C/C=C\CCCCCCCCC(=O)OC(COC(=O)CCCCCCCCCCCCCCCC/C=C\C/C=C\C/C=C\C/C=C\C/C=C\C/C=C\C/C=C\C/C=C\CC)COP(=O)(O)OCC[N+](C)(C)C. The third-order valence-electron chi connectivity index (χ3n) is 16.0. The van der Waals surface area contributed by atoms with Gasteiger partial charge in [0.2, 0.25) is 0 Å². The lowest BCUT2D eigenvalue weighted by Gasteiger charge is -2.24. The number of phosphoric ester groups is 1. The normalized spacial score (nSPS) is 14.3. The topological polar surface area (TPSA) is 108 Å². The van der Waals surface area contributed by atoms with Gasteiger partial charge < -0.3 is 18.9 Å². The minimum absolute atomic E-state index is 0.0179. The van der Waals surface area contributed by atoms with E-state index in [2.05, 4.69) is 233 Å². The third-order valence-corrected chi connectivity index (χ3v) is 17.0. The number of likely N-dealkylation sites (N-methyl/N-ethyl adjacent to an activating group) is 1. The van der Waals surface area contributed by atoms with E-state index in [1.165, 1.54) is 77.0 Å². The van der Waals surface area contributed by atoms with Gasteiger partial charge in [0.1, 0.15) is 19.8 Å². The van der Waals surface area contributed by atoms with Gasteiger partial charge in [0, 0.05) is 12.8 Å². The van der Waals surface area contributed by atoms with Crippen LogP contribution in [0.3, 0.4) is 0 Å². The quantitative estimate of drug-likeness (QED) is 0.0211. The highest BCUT2D eigenvalue weighted by atomic mass is 31.2. The molecule has 0 saturated heterocycles. The lowest BCUT2D eigenvalue weighted by Crippen LogP contribution is -2.37. The van der Waals surface area contributed by atoms with Crippen molar-refractivity contribution >= 4 is 19.8 Å². The van der Waals surface area contributed by atoms with Crippen LogP contribution < -0.4 is 0 Å². The van der Waals surface area contributed by atoms with Crippen LogP contribution in [0.2, 0.25) is 0 Å². The Bertz CT molecular complexity index is 2500. The van der Waals surface area contributed by atoms with E-state index in [1.54, 1.807) is 0 Å². The van der Waals surface area contributed by atoms with E-state index in [4.69, 9.17) is 18.5 Å². The molecule has 0 saturated carbocycles. The van der Waals surface area contributed by atoms with Gasteiger partial charge in [0.15, 0.2) is 6.10 Å². The van der Waals surface area contributed by atoms with E-state index in [0.717, 1.165) is 173 Å². The molecule has 1 N–H and O–H groups in total. The first-order valence-electron chi connectivity index (χ1n) is 39.5. The molecule has 0 aliphatic rings. The Morgan fingerprint density at radius 2 is 0.540 bits per heavy atom. The molecule has 0 aromatic carbocycles. The van der Waals surface area contributed by atoms with E-state index in [-0.39, 0.29) is 32.0 Å². The predicted octanol–water partition coefficient (Wildman–Crippen LogP) is 26.7. The summed E-state index contributed by atoms with van der Waals surface area (Å²) in [5, 5.41) is 0. The number of allylic oxidation sites excluding steroid dienone is 36. The Hall–Kier alpha value is -5.67. The Morgan fingerprint density at radius 3 is 0.800 bits per heavy atom. The highest BCUT2D eigenvalue weighted by Gasteiger charge is 2.27. The molecule has 9 nitrogen and oxygen atoms in total. The number of rotatable bonds is 70. The second-order valence-corrected chi connectivity index (χ2v) is 28.1. The molecule has 0 radical (unpaired) electrons. The maximum atomic E-state index is 12.9. The zero-order valence-electron chi connectivity index (χ0n) is 64.1. The van der Waals surface area contributed by atoms with E-state index >= 15 is 0 Å². The van der Waals surface area contributed by atoms with Crippen molar-refractivity contribution < 1.29 is 42.1 Å². The Labute approximate surface area is 614 Å². The molecule has 562 valence electrons. The van der Waals surface area contributed by atoms with Crippen LogP contribution >= 0.6 is 7.82 Å². The molecule has 100 heavy (non-hydrogen) atoms. The highest BCUT2D eigenvalue weighted by Crippen LogP contribution is 2.43. The van der Waals surface area contributed by atoms with Crippen LogP contribution in [-0.4, -0.2) is 74.9 Å². The van der Waals surface area contributed by atoms with Gasteiger partial charge in [-0.1, -0.05) is 335 Å². The largest absolute Gasteiger partial charge is 0.472 e. The molecule has 0 aliphatic heterocycles. The summed E-state index contributed by atoms with van der Waals surface area (Å²) in [4.78, 5) is 36.0. The molecule has 0 amide bonds. The third kappa shape index (κ3) is 81.3. The first-order valence-corrected chi connectivity index (χ1v) is 41.0. The van der Waals surface area contributed by atoms with E-state index < -0.39 is 26.5 Å². The summed E-state index contributed by atoms with van der Waals surface area (Å²) in [5.74, 6) is -0.825. The van der Waals surface area contributed by atoms with Crippen LogP contribution in [0, 0.1) is 0 Å². The molecule has 0 heterocycles. The monoisotopic (exact) mass is 1400 g/mol. The maximum absolute atomic E-state index is 12.9. The number of quaternary nitrogens is 1. The number of ether oxygens (including phenoxy) is 2. The van der Waals surface area contributed by atoms with Gasteiger partial charge >= 0.3 is 19.8 Å². The Morgan fingerprint density at radius 1 is 0.310 bits per heavy atom. The summed E-state index contributed by atoms with van der Waals surface area (Å²) >= 11 is 0. The van der Waals surface area contributed by atoms with Crippen molar-refractivity contribution in [1.82, 2.24) is 0 Å². The molecule has 0 aromatic heterocycles. The smallest absolute Gasteiger partial charge is 0.462 e. The average molecular weight is 1400 g/mol. The van der Waals surface area contributed by atoms with Crippen molar-refractivity contribution in [2.24, 2.45) is 0 Å². The number of phosphoric acid groups is 1. The fourth-order valence-electron chi connectivity index (χ4n) is 10.1. The van der Waals surface area contributed by atoms with Crippen molar-refractivity contribution in [3.05, 3.63) is 219 Å². The zero-order chi connectivity index (χ0) is 72.5. The van der Waals surface area contributed by atoms with Crippen LogP contribution in [0.5, 0.6) is 0 Å². The van der Waals surface area contributed by atoms with Gasteiger partial charge in [-0.25, -0.2) is 4.57 Å². The lowest BCUT2D eigenvalue weighted by molar-refractivity contribution is -0.870. The fourth-order valence-corrected chi connectivity index (χ4v) is 10.8. The first-order chi connectivity index (χ1) is 49.0. The maximum Gasteiger partial charge on any atom is 0.472 e. The van der Waals surface area contributed by atoms with Crippen molar-refractivity contribution in [2.45, 2.75) is 290 Å². The van der Waals surface area contributed by atoms with Gasteiger partial charge in [0.05, 0.1) is 27.7 Å². The molecule has 2 unspecified atom stereocenters. The van der Waals surface area contributed by atoms with Crippen molar-refractivity contribution in [1.29, 1.82) is 0 Å². The summed E-state index contributed by atoms with van der Waals surface area (Å²) in [6, 6.07) is 0. The van der Waals surface area contributed by atoms with Crippen molar-refractivity contribution in [3.63, 3.8) is 0 Å². The lowest BCUT2D eigenvalue weighted by atomic mass is 10.0. The zero-order valence-corrected chi connectivity index (χ0v) is 65.0. The number of carbonyl (C=O) groups excluding carboxylic acids is 2. The van der Waals surface area contributed by atoms with Crippen molar-refractivity contribution in [3.8, 4) is 0 Å². The van der Waals surface area contributed by atoms with Gasteiger partial charge in [-0.3, -0.25) is 18.6 Å². The van der Waals surface area contributed by atoms with Crippen molar-refractivity contribution in [2.75, 3.05) is 47.5 Å². The molecule has 0 aromatic rings. The molecule has 0 fully saturated rings. The van der Waals surface area contributed by atoms with Crippen LogP contribution in [0.25, 0.3) is 0 Å². The summed E-state index contributed by atoms with van der Waals surface area (Å²) in [6.07, 6.45) is 123. The fraction of sp³-hybridized carbons (Fsp3) is 0.578. The number of unbranched alkanes of at least 4 members (excludes halogenated alkanes) is 20. The van der Waals surface area contributed by atoms with Crippen LogP contribution in [-0.2, 0) is 32.7 Å². The molecule has 0 spiro atoms. The van der Waals surface area contributed by atoms with Crippen LogP contribution in [0.1, 0.15) is 284 Å². The number of hydrogen-bond acceptors (Lipinski definition) is 7. The summed E-state index contributed by atoms with van der Waals surface area (Å²) < 4.78 is 34.8. The number of hydrogen-bond donors (Lipinski definition) is 1. The highest BCUT2D eigenvalue weighted by molar-refractivity contribution is 7.47. The van der Waals surface area contributed by atoms with E-state index in [0.29, 0.717) is 17.4 Å². The summed E-state index contributed by atoms with van der Waals surface area (Å²) in [5.41, 5.74) is 0. The number of carbonyl (C=O) groups is 2. The number of nitrogens with zero attached hydrogens (tertiary/aromatic N) is 1. The molecule has 0 aliphatic carbocycles. The standard InChI is InChI=1S/C90H144NO8P/c1-6-8-10-12-14-16-18-20-22-24-26-28-30-32-34-36-38-40-42-44-45-47-48-50-52-54-56-58-60-62-64-66-68-70-72-74-76-78-80-82-89(92)96-86-88(87-98-100(94,95)97-85-84-91(3,4)5)99-90(93)83-81-79-77-75-73-71-69-67-65-63-61-59-57-55-53-51-49-46-43-41-39-37-35-33-31-29-27-25-23-21-19-17-15-13-11-9-7-2/h8-11,14-17,20-23,26-29,32-35,38-41,44-46,48-50,53,55,59,61,65,67,88H,6-7,12-13,18-19,24-25,30-31,36-37,42-43,47,51-52,54,56-58,60,62-64,66,68-87H2,1-5H3/p+1/b10-8-,11-9-,16-14-,17-15-,22-20-,23-21-,28-26-,29-27-,34-32-,35-33-,40-38-,41-39-,45-44-,49-46-,50-48-,55-53-,61-59-,67-65-. The summed E-state index contributed by atoms with van der Waals surface area (Å²) in [7, 11) is 1.44. The second kappa shape index (κ2) is 77.5. The number of esters is 2. The first kappa shape index (κ1) is 94.3. The van der Waals surface area contributed by atoms with Gasteiger partial charge in [0.25, 0.3) is 0 Å². The predicted molar refractivity (Wildman–Crippen MR) is 435 cm³/mol. The van der Waals surface area contributed by atoms with E-state index in [1.807, 2.05) is 21.1 Å². The Balaban J connectivity index is 4.11. The molecule has 0 bridgehead atoms. The van der Waals surface area contributed by atoms with Gasteiger partial charge in [-0.05, 0) is 154 Å². The molecule has 2 atom stereocenters. The minimum atomic E-state index is -4.42. The Kier molecular flexibility index (Phi) is 73.1. The summed E-state index contributed by atoms with van der Waals surface area (Å²) in [6.45, 7) is 4.17. The minimum Gasteiger partial charge on any atom is -0.462 e. The average Bonchev–Trinajstić information content (AvgIpc) is 1.02. The molecular weight excluding hydrogens is 1250 g/mol. The second-order valence-electron chi connectivity index (χ2n) is 26.6. The molecular formula is C90H145NO8P+. The van der Waals surface area contributed by atoms with E-state index in [9.17, 15) is 19.0 Å². The molecule has 0 rings (SSSR count). The molecule has 10 heteroatoms. The van der Waals surface area contributed by atoms with Gasteiger partial charge in [-0.15, -0.1) is 0 Å². The van der Waals surface area contributed by atoms with Crippen LogP contribution in [0.15, 0.2) is 219 Å².